The van der Waals surface area contributed by atoms with Crippen molar-refractivity contribution >= 4 is 5.91 Å². The van der Waals surface area contributed by atoms with Crippen molar-refractivity contribution < 1.29 is 4.79 Å². The minimum atomic E-state index is -0.262. The first-order valence-corrected chi connectivity index (χ1v) is 8.80. The Morgan fingerprint density at radius 3 is 2.57 bits per heavy atom. The molecule has 130 valence electrons. The summed E-state index contributed by atoms with van der Waals surface area (Å²) in [7, 11) is 2.18. The van der Waals surface area contributed by atoms with Gasteiger partial charge in [-0.15, -0.1) is 0 Å². The maximum atomic E-state index is 12.3. The molecule has 0 N–H and O–H groups in total. The summed E-state index contributed by atoms with van der Waals surface area (Å²) in [6, 6.07) is 2.10. The molecule has 0 aliphatic carbocycles. The number of nitrogens with zero attached hydrogens (tertiary/aromatic N) is 4. The maximum absolute atomic E-state index is 12.3. The number of piperidine rings is 1. The second kappa shape index (κ2) is 7.47. The molecule has 1 aromatic rings. The van der Waals surface area contributed by atoms with E-state index in [-0.39, 0.29) is 11.3 Å². The van der Waals surface area contributed by atoms with Gasteiger partial charge in [-0.25, -0.2) is 0 Å². The van der Waals surface area contributed by atoms with Crippen molar-refractivity contribution in [3.63, 3.8) is 0 Å². The van der Waals surface area contributed by atoms with Gasteiger partial charge in [-0.3, -0.25) is 9.48 Å². The number of likely N-dealkylation sites (tertiary alicyclic amines) is 1. The van der Waals surface area contributed by atoms with Crippen molar-refractivity contribution in [3.8, 4) is 0 Å². The van der Waals surface area contributed by atoms with Crippen LogP contribution >= 0.6 is 0 Å². The van der Waals surface area contributed by atoms with Crippen LogP contribution in [0.5, 0.6) is 0 Å². The van der Waals surface area contributed by atoms with Gasteiger partial charge in [-0.1, -0.05) is 20.8 Å². The summed E-state index contributed by atoms with van der Waals surface area (Å²) in [5, 5.41) is 4.33. The van der Waals surface area contributed by atoms with E-state index in [0.717, 1.165) is 45.6 Å². The first kappa shape index (κ1) is 18.0. The predicted molar refractivity (Wildman–Crippen MR) is 93.0 cm³/mol. The molecule has 0 aromatic carbocycles. The van der Waals surface area contributed by atoms with Gasteiger partial charge in [-0.2, -0.15) is 5.10 Å². The summed E-state index contributed by atoms with van der Waals surface area (Å²) < 4.78 is 2.06. The number of carbonyl (C=O) groups excluding carboxylic acids is 1. The first-order valence-electron chi connectivity index (χ1n) is 8.80. The molecule has 2 heterocycles. The molecule has 1 amide bonds. The zero-order valence-corrected chi connectivity index (χ0v) is 15.4. The fourth-order valence-electron chi connectivity index (χ4n) is 3.35. The Morgan fingerprint density at radius 2 is 2.00 bits per heavy atom. The van der Waals surface area contributed by atoms with E-state index in [1.54, 1.807) is 0 Å². The van der Waals surface area contributed by atoms with Crippen molar-refractivity contribution in [3.05, 3.63) is 18.0 Å². The SMILES string of the molecule is CCn1nccc1CN(C)CC1CCN(C(=O)C(C)(C)C)CC1. The molecule has 1 fully saturated rings. The second-order valence-electron chi connectivity index (χ2n) is 7.82. The van der Waals surface area contributed by atoms with Crippen LogP contribution in [0, 0.1) is 11.3 Å². The molecule has 0 spiro atoms. The second-order valence-corrected chi connectivity index (χ2v) is 7.82. The fraction of sp³-hybridized carbons (Fsp3) is 0.778. The molecular formula is C18H32N4O. The Hall–Kier alpha value is -1.36. The monoisotopic (exact) mass is 320 g/mol. The molecule has 5 nitrogen and oxygen atoms in total. The standard InChI is InChI=1S/C18H32N4O/c1-6-22-16(7-10-19-22)14-20(5)13-15-8-11-21(12-9-15)17(23)18(2,3)4/h7,10,15H,6,8-9,11-14H2,1-5H3. The Morgan fingerprint density at radius 1 is 1.35 bits per heavy atom. The summed E-state index contributed by atoms with van der Waals surface area (Å²) in [5.41, 5.74) is 1.01. The number of aryl methyl sites for hydroxylation is 1. The average Bonchev–Trinajstić information content (AvgIpc) is 2.93. The van der Waals surface area contributed by atoms with Gasteiger partial charge in [0, 0.05) is 44.3 Å². The highest BCUT2D eigenvalue weighted by Crippen LogP contribution is 2.24. The molecular weight excluding hydrogens is 288 g/mol. The molecule has 1 aliphatic heterocycles. The van der Waals surface area contributed by atoms with E-state index in [2.05, 4.69) is 34.7 Å². The zero-order valence-electron chi connectivity index (χ0n) is 15.4. The molecule has 0 unspecified atom stereocenters. The zero-order chi connectivity index (χ0) is 17.0. The van der Waals surface area contributed by atoms with Crippen molar-refractivity contribution in [1.82, 2.24) is 19.6 Å². The smallest absolute Gasteiger partial charge is 0.227 e. The normalized spacial score (nSPS) is 17.0. The highest BCUT2D eigenvalue weighted by molar-refractivity contribution is 5.81. The predicted octanol–water partition coefficient (Wildman–Crippen LogP) is 2.62. The van der Waals surface area contributed by atoms with Gasteiger partial charge in [0.05, 0.1) is 5.69 Å². The number of carbonyl (C=O) groups is 1. The molecule has 1 aliphatic rings. The maximum Gasteiger partial charge on any atom is 0.227 e. The average molecular weight is 320 g/mol. The third-order valence-electron chi connectivity index (χ3n) is 4.65. The molecule has 0 bridgehead atoms. The number of aromatic nitrogens is 2. The van der Waals surface area contributed by atoms with E-state index in [4.69, 9.17) is 0 Å². The molecule has 1 aromatic heterocycles. The Balaban J connectivity index is 1.79. The van der Waals surface area contributed by atoms with Gasteiger partial charge in [-0.05, 0) is 38.8 Å². The highest BCUT2D eigenvalue weighted by Gasteiger charge is 2.30. The summed E-state index contributed by atoms with van der Waals surface area (Å²) in [5.74, 6) is 0.971. The van der Waals surface area contributed by atoms with Gasteiger partial charge >= 0.3 is 0 Å². The first-order chi connectivity index (χ1) is 10.8. The van der Waals surface area contributed by atoms with E-state index < -0.39 is 0 Å². The van der Waals surface area contributed by atoms with Crippen LogP contribution in [0.1, 0.15) is 46.2 Å². The molecule has 23 heavy (non-hydrogen) atoms. The Kier molecular flexibility index (Phi) is 5.84. The molecule has 0 saturated carbocycles. The van der Waals surface area contributed by atoms with E-state index in [1.807, 2.05) is 31.9 Å². The summed E-state index contributed by atoms with van der Waals surface area (Å²) >= 11 is 0. The molecule has 0 radical (unpaired) electrons. The van der Waals surface area contributed by atoms with E-state index in [1.165, 1.54) is 5.69 Å². The van der Waals surface area contributed by atoms with Crippen LogP contribution in [0.3, 0.4) is 0 Å². The number of rotatable bonds is 5. The molecule has 2 rings (SSSR count). The van der Waals surface area contributed by atoms with Crippen molar-refractivity contribution in [1.29, 1.82) is 0 Å². The lowest BCUT2D eigenvalue weighted by Crippen LogP contribution is -2.45. The van der Waals surface area contributed by atoms with Crippen LogP contribution in [0.25, 0.3) is 0 Å². The summed E-state index contributed by atoms with van der Waals surface area (Å²) in [4.78, 5) is 16.8. The molecule has 5 heteroatoms. The van der Waals surface area contributed by atoms with Gasteiger partial charge in [0.2, 0.25) is 5.91 Å². The lowest BCUT2D eigenvalue weighted by atomic mass is 9.91. The fourth-order valence-corrected chi connectivity index (χ4v) is 3.35. The lowest BCUT2D eigenvalue weighted by Gasteiger charge is -2.37. The molecule has 0 atom stereocenters. The van der Waals surface area contributed by atoms with E-state index in [0.29, 0.717) is 5.92 Å². The van der Waals surface area contributed by atoms with Gasteiger partial charge < -0.3 is 9.80 Å². The summed E-state index contributed by atoms with van der Waals surface area (Å²) in [6.07, 6.45) is 4.10. The quantitative estimate of drug-likeness (QED) is 0.837. The number of hydrogen-bond acceptors (Lipinski definition) is 3. The number of amides is 1. The van der Waals surface area contributed by atoms with Crippen LogP contribution in [-0.4, -0.2) is 52.2 Å². The largest absolute Gasteiger partial charge is 0.342 e. The van der Waals surface area contributed by atoms with Crippen molar-refractivity contribution in [2.24, 2.45) is 11.3 Å². The third kappa shape index (κ3) is 4.80. The highest BCUT2D eigenvalue weighted by atomic mass is 16.2. The topological polar surface area (TPSA) is 41.4 Å². The minimum absolute atomic E-state index is 0.262. The molecule has 1 saturated heterocycles. The van der Waals surface area contributed by atoms with Gasteiger partial charge in [0.1, 0.15) is 0 Å². The minimum Gasteiger partial charge on any atom is -0.342 e. The Labute approximate surface area is 140 Å². The summed E-state index contributed by atoms with van der Waals surface area (Å²) in [6.45, 7) is 12.9. The van der Waals surface area contributed by atoms with Crippen LogP contribution in [0.2, 0.25) is 0 Å². The van der Waals surface area contributed by atoms with E-state index in [9.17, 15) is 4.79 Å². The van der Waals surface area contributed by atoms with Crippen LogP contribution < -0.4 is 0 Å². The van der Waals surface area contributed by atoms with Crippen LogP contribution in [-0.2, 0) is 17.9 Å². The van der Waals surface area contributed by atoms with Gasteiger partial charge in [0.15, 0.2) is 0 Å². The van der Waals surface area contributed by atoms with Crippen molar-refractivity contribution in [2.75, 3.05) is 26.7 Å². The van der Waals surface area contributed by atoms with E-state index >= 15 is 0 Å². The third-order valence-corrected chi connectivity index (χ3v) is 4.65. The lowest BCUT2D eigenvalue weighted by molar-refractivity contribution is -0.141. The van der Waals surface area contributed by atoms with Gasteiger partial charge in [0.25, 0.3) is 0 Å². The van der Waals surface area contributed by atoms with Crippen molar-refractivity contribution in [2.45, 2.75) is 53.6 Å². The number of hydrogen-bond donors (Lipinski definition) is 0. The van der Waals surface area contributed by atoms with Crippen LogP contribution in [0.4, 0.5) is 0 Å². The Bertz CT molecular complexity index is 509. The van der Waals surface area contributed by atoms with Crippen LogP contribution in [0.15, 0.2) is 12.3 Å².